The zero-order valence-electron chi connectivity index (χ0n) is 18.7. The Morgan fingerprint density at radius 1 is 1.39 bits per heavy atom. The number of phosphoric ester groups is 1. The number of esters is 1. The van der Waals surface area contributed by atoms with E-state index in [1.807, 2.05) is 0 Å². The number of anilines is 1. The number of phosphoric acid groups is 1. The number of hydrogen-bond donors (Lipinski definition) is 1. The minimum absolute atomic E-state index is 0.0192. The molecule has 14 heteroatoms. The molecule has 0 radical (unpaired) electrons. The van der Waals surface area contributed by atoms with E-state index in [9.17, 15) is 9.36 Å². The highest BCUT2D eigenvalue weighted by Crippen LogP contribution is 2.60. The smallest absolute Gasteiger partial charge is 0.463 e. The van der Waals surface area contributed by atoms with Gasteiger partial charge in [-0.05, 0) is 27.2 Å². The number of halogens is 1. The van der Waals surface area contributed by atoms with Crippen molar-refractivity contribution < 1.29 is 32.4 Å². The summed E-state index contributed by atoms with van der Waals surface area (Å²) in [4.78, 5) is 23.2. The summed E-state index contributed by atoms with van der Waals surface area (Å²) in [7, 11) is -3.92. The standard InChI is InChI=1S/C19H27ClN5O7P/c1-10(2)30-17(26)11(3)5-6-28-33(27)29-7-12-14(32-33)19(4,20)18(31-12)25-9-24-13-15(21)22-8-23-16(13)25/h8-12,14,18H,5-7H2,1-4H3,(H2,21,22,23)/t11?,12-,14-,18-,19-,33+/m1/s1. The van der Waals surface area contributed by atoms with Crippen molar-refractivity contribution in [2.24, 2.45) is 5.92 Å². The Labute approximate surface area is 195 Å². The molecule has 33 heavy (non-hydrogen) atoms. The summed E-state index contributed by atoms with van der Waals surface area (Å²) < 4.78 is 42.5. The third kappa shape index (κ3) is 4.73. The molecule has 6 atom stereocenters. The lowest BCUT2D eigenvalue weighted by Gasteiger charge is -2.34. The van der Waals surface area contributed by atoms with Gasteiger partial charge in [0.2, 0.25) is 0 Å². The summed E-state index contributed by atoms with van der Waals surface area (Å²) in [6.45, 7) is 6.89. The number of nitrogen functional groups attached to an aromatic ring is 1. The molecule has 1 unspecified atom stereocenters. The van der Waals surface area contributed by atoms with Gasteiger partial charge >= 0.3 is 13.8 Å². The average Bonchev–Trinajstić information content (AvgIpc) is 3.27. The third-order valence-electron chi connectivity index (χ3n) is 5.51. The number of alkyl halides is 1. The molecule has 2 N–H and O–H groups in total. The van der Waals surface area contributed by atoms with E-state index in [1.54, 1.807) is 32.3 Å². The van der Waals surface area contributed by atoms with Crippen molar-refractivity contribution in [3.05, 3.63) is 12.7 Å². The number of rotatable bonds is 7. The van der Waals surface area contributed by atoms with Crippen molar-refractivity contribution in [3.8, 4) is 0 Å². The van der Waals surface area contributed by atoms with Crippen LogP contribution >= 0.6 is 19.4 Å². The van der Waals surface area contributed by atoms with Crippen LogP contribution in [0.5, 0.6) is 0 Å². The van der Waals surface area contributed by atoms with Crippen molar-refractivity contribution in [2.45, 2.75) is 63.5 Å². The zero-order valence-corrected chi connectivity index (χ0v) is 20.4. The fraction of sp³-hybridized carbons (Fsp3) is 0.684. The van der Waals surface area contributed by atoms with Crippen molar-refractivity contribution in [2.75, 3.05) is 18.9 Å². The number of fused-ring (bicyclic) bond motifs is 2. The number of carbonyl (C=O) groups excluding carboxylic acids is 1. The first kappa shape index (κ1) is 24.3. The Morgan fingerprint density at radius 2 is 2.15 bits per heavy atom. The fourth-order valence-electron chi connectivity index (χ4n) is 3.76. The van der Waals surface area contributed by atoms with E-state index in [2.05, 4.69) is 15.0 Å². The SMILES string of the molecule is CC(C)OC(=O)C(C)CCO[P@@]1(=O)OC[C@H]2O[C@@H](n3cnc4c(N)ncnc43)[C@](C)(Cl)[C@@H]2O1. The van der Waals surface area contributed by atoms with Crippen LogP contribution in [0.3, 0.4) is 0 Å². The van der Waals surface area contributed by atoms with Gasteiger partial charge < -0.3 is 15.2 Å². The predicted molar refractivity (Wildman–Crippen MR) is 117 cm³/mol. The summed E-state index contributed by atoms with van der Waals surface area (Å²) in [5.41, 5.74) is 6.73. The lowest BCUT2D eigenvalue weighted by molar-refractivity contribution is -0.152. The molecule has 2 aliphatic rings. The van der Waals surface area contributed by atoms with Gasteiger partial charge in [0, 0.05) is 0 Å². The monoisotopic (exact) mass is 503 g/mol. The van der Waals surface area contributed by atoms with Gasteiger partial charge in [0.05, 0.1) is 31.6 Å². The van der Waals surface area contributed by atoms with Gasteiger partial charge in [-0.1, -0.05) is 6.92 Å². The molecule has 0 amide bonds. The summed E-state index contributed by atoms with van der Waals surface area (Å²) in [5, 5.41) is 0. The van der Waals surface area contributed by atoms with E-state index in [1.165, 1.54) is 12.7 Å². The van der Waals surface area contributed by atoms with Crippen LogP contribution in [0, 0.1) is 5.92 Å². The number of ether oxygens (including phenoxy) is 2. The first-order valence-electron chi connectivity index (χ1n) is 10.6. The topological polar surface area (TPSA) is 150 Å². The van der Waals surface area contributed by atoms with Crippen molar-refractivity contribution in [3.63, 3.8) is 0 Å². The molecule has 2 aliphatic heterocycles. The molecule has 0 spiro atoms. The first-order valence-corrected chi connectivity index (χ1v) is 12.4. The van der Waals surface area contributed by atoms with E-state index in [-0.39, 0.29) is 37.5 Å². The molecular weight excluding hydrogens is 477 g/mol. The van der Waals surface area contributed by atoms with Crippen LogP contribution in [0.1, 0.15) is 40.3 Å². The molecule has 0 bridgehead atoms. The number of nitrogens with zero attached hydrogens (tertiary/aromatic N) is 4. The van der Waals surface area contributed by atoms with Crippen LogP contribution in [0.25, 0.3) is 11.2 Å². The Balaban J connectivity index is 1.43. The van der Waals surface area contributed by atoms with Crippen molar-refractivity contribution in [1.29, 1.82) is 0 Å². The van der Waals surface area contributed by atoms with E-state index >= 15 is 0 Å². The molecule has 2 aromatic heterocycles. The van der Waals surface area contributed by atoms with Gasteiger partial charge in [-0.15, -0.1) is 11.6 Å². The van der Waals surface area contributed by atoms with Crippen LogP contribution in [0.2, 0.25) is 0 Å². The van der Waals surface area contributed by atoms with Crippen molar-refractivity contribution >= 4 is 42.4 Å². The molecule has 0 saturated carbocycles. The molecule has 2 aromatic rings. The highest BCUT2D eigenvalue weighted by molar-refractivity contribution is 7.48. The Bertz CT molecular complexity index is 1080. The van der Waals surface area contributed by atoms with Gasteiger partial charge in [0.15, 0.2) is 17.7 Å². The molecule has 4 heterocycles. The maximum Gasteiger partial charge on any atom is 0.475 e. The second kappa shape index (κ2) is 9.09. The van der Waals surface area contributed by atoms with Crippen LogP contribution in [0.4, 0.5) is 5.82 Å². The second-order valence-electron chi connectivity index (χ2n) is 8.54. The Hall–Kier alpha value is -1.82. The molecular formula is C19H27ClN5O7P. The zero-order chi connectivity index (χ0) is 24.0. The normalized spacial score (nSPS) is 32.7. The summed E-state index contributed by atoms with van der Waals surface area (Å²) in [6, 6.07) is 0. The summed E-state index contributed by atoms with van der Waals surface area (Å²) in [5.74, 6) is -0.554. The first-order chi connectivity index (χ1) is 15.5. The average molecular weight is 504 g/mol. The van der Waals surface area contributed by atoms with Gasteiger partial charge in [0.1, 0.15) is 28.9 Å². The largest absolute Gasteiger partial charge is 0.475 e. The van der Waals surface area contributed by atoms with Crippen LogP contribution in [0.15, 0.2) is 12.7 Å². The fourth-order valence-corrected chi connectivity index (χ4v) is 5.65. The summed E-state index contributed by atoms with van der Waals surface area (Å²) >= 11 is 6.87. The van der Waals surface area contributed by atoms with E-state index in [0.29, 0.717) is 11.2 Å². The highest BCUT2D eigenvalue weighted by atomic mass is 35.5. The Kier molecular flexibility index (Phi) is 6.69. The minimum Gasteiger partial charge on any atom is -0.463 e. The quantitative estimate of drug-likeness (QED) is 0.337. The van der Waals surface area contributed by atoms with Crippen LogP contribution in [-0.4, -0.2) is 61.9 Å². The predicted octanol–water partition coefficient (Wildman–Crippen LogP) is 2.82. The van der Waals surface area contributed by atoms with Gasteiger partial charge in [0.25, 0.3) is 0 Å². The highest BCUT2D eigenvalue weighted by Gasteiger charge is 2.60. The lowest BCUT2D eigenvalue weighted by Crippen LogP contribution is -2.44. The number of hydrogen-bond acceptors (Lipinski definition) is 11. The number of aromatic nitrogens is 4. The van der Waals surface area contributed by atoms with Crippen LogP contribution < -0.4 is 5.73 Å². The van der Waals surface area contributed by atoms with Gasteiger partial charge in [-0.25, -0.2) is 19.5 Å². The minimum atomic E-state index is -3.92. The van der Waals surface area contributed by atoms with E-state index in [4.69, 9.17) is 40.4 Å². The molecule has 4 rings (SSSR count). The molecule has 0 aromatic carbocycles. The van der Waals surface area contributed by atoms with Gasteiger partial charge in [-0.3, -0.25) is 22.9 Å². The molecule has 12 nitrogen and oxygen atoms in total. The number of imidazole rings is 1. The van der Waals surface area contributed by atoms with Gasteiger partial charge in [-0.2, -0.15) is 0 Å². The lowest BCUT2D eigenvalue weighted by atomic mass is 10.0. The molecule has 2 fully saturated rings. The van der Waals surface area contributed by atoms with Crippen molar-refractivity contribution in [1.82, 2.24) is 19.5 Å². The van der Waals surface area contributed by atoms with E-state index < -0.39 is 37.1 Å². The molecule has 2 saturated heterocycles. The second-order valence-corrected chi connectivity index (χ2v) is 11.0. The molecule has 0 aliphatic carbocycles. The number of nitrogens with two attached hydrogens (primary N) is 1. The summed E-state index contributed by atoms with van der Waals surface area (Å²) in [6.07, 6.45) is 0.748. The Morgan fingerprint density at radius 3 is 2.88 bits per heavy atom. The van der Waals surface area contributed by atoms with Crippen LogP contribution in [-0.2, 0) is 32.4 Å². The third-order valence-corrected chi connectivity index (χ3v) is 7.37. The maximum absolute atomic E-state index is 13.1. The molecule has 182 valence electrons. The van der Waals surface area contributed by atoms with E-state index in [0.717, 1.165) is 0 Å². The maximum atomic E-state index is 13.1. The number of carbonyl (C=O) groups is 1.